The van der Waals surface area contributed by atoms with Crippen LogP contribution in [0.1, 0.15) is 203 Å². The molecule has 3 aromatic carbocycles. The number of amides is 10. The Morgan fingerprint density at radius 3 is 2.01 bits per heavy atom. The zero-order valence-electron chi connectivity index (χ0n) is 68.7. The summed E-state index contributed by atoms with van der Waals surface area (Å²) in [5.41, 5.74) is 8.19. The van der Waals surface area contributed by atoms with Gasteiger partial charge >= 0.3 is 18.0 Å². The Labute approximate surface area is 680 Å². The van der Waals surface area contributed by atoms with E-state index in [2.05, 4.69) is 56.0 Å². The van der Waals surface area contributed by atoms with E-state index in [9.17, 15) is 53.1 Å². The van der Waals surface area contributed by atoms with E-state index in [-0.39, 0.29) is 164 Å². The van der Waals surface area contributed by atoms with Crippen LogP contribution >= 0.6 is 11.3 Å². The summed E-state index contributed by atoms with van der Waals surface area (Å²) in [5.74, 6) is 0.276. The molecule has 2 aliphatic rings. The Kier molecular flexibility index (Phi) is 40.6. The van der Waals surface area contributed by atoms with Crippen molar-refractivity contribution in [1.29, 1.82) is 0 Å². The quantitative estimate of drug-likeness (QED) is 0.00868. The number of hydroxylamine groups is 2. The first-order valence-electron chi connectivity index (χ1n) is 40.2. The SMILES string of the molecule is CCCCCON(C(=O)[C@@H](NC(=O)[C@H]1CCCCN1C)[C@@H](C)CC)[C@H](C[C@@H](OC(C)=O)c1nc(C(=O)N[C@@H](Cc2ccc(NC(=O)C(CCCNC(N)=O)NC(=O)[C@@H](NC(=O)CCOCCOCCOCCOCCNC(=O)CCC(=O)N3Cc4ccccc4C#Cc4ccccc43)C(C)C)cc2)CC(C)(C)C(=O)O)cs1)C(C)C. The fraction of sp³-hybridized carbons (Fsp3) is 0.595. The third kappa shape index (κ3) is 32.3. The number of carbonyl (C=O) groups is 11. The van der Waals surface area contributed by atoms with Gasteiger partial charge in [-0.25, -0.2) is 14.8 Å². The summed E-state index contributed by atoms with van der Waals surface area (Å²) in [7, 11) is 1.91. The number of hydrogen-bond acceptors (Lipinski definition) is 20. The maximum atomic E-state index is 15.0. The number of hydrogen-bond donors (Lipinski definition) is 9. The number of nitrogens with two attached hydrogens (primary N) is 1. The van der Waals surface area contributed by atoms with Gasteiger partial charge in [-0.05, 0) is 132 Å². The number of likely N-dealkylation sites (N-methyl/N-ethyl adjacent to an activating group) is 1. The summed E-state index contributed by atoms with van der Waals surface area (Å²) in [4.78, 5) is 163. The van der Waals surface area contributed by atoms with Gasteiger partial charge in [0, 0.05) is 73.9 Å². The summed E-state index contributed by atoms with van der Waals surface area (Å²) < 4.78 is 28.3. The molecule has 31 heteroatoms. The summed E-state index contributed by atoms with van der Waals surface area (Å²) >= 11 is 1.08. The third-order valence-electron chi connectivity index (χ3n) is 20.0. The number of carboxylic acids is 1. The fourth-order valence-corrected chi connectivity index (χ4v) is 14.0. The van der Waals surface area contributed by atoms with Gasteiger partial charge in [0.05, 0.1) is 89.2 Å². The highest BCUT2D eigenvalue weighted by Gasteiger charge is 2.41. The number of aliphatic carboxylic acids is 1. The molecular formula is C84H122N12O18S. The first-order chi connectivity index (χ1) is 55.0. The second-order valence-electron chi connectivity index (χ2n) is 30.5. The standard InChI is InChI=1S/C84H122N12O18S/c1-12-14-21-41-113-96(81(105)75(57(7)13-2)93-78(103)68-28-19-20-40-94(68)11)69(55(3)4)51-70(114-58(8)97)80-91-66(54-115-80)77(102)89-64(52-84(9,10)82(106)107)50-59-29-33-63(34-30-59)88-76(101)65(26-22-38-87-83(85)108)90-79(104)74(56(5)6)92-72(99)37-42-109-44-46-111-48-49-112-47-45-110-43-39-86-71(98)35-36-73(100)95-53-62-25-16-15-23-60(62)31-32-61-24-17-18-27-67(61)95/h15-18,23-25,27,29-30,33-34,54-57,64-65,68-70,74-75H,12-14,19-22,26,28,35-53H2,1-11H3,(H,86,98)(H,88,101)(H,89,102)(H,90,104)(H,92,99)(H,93,103)(H,106,107)(H3,85,87,108)/t57-,64-,65?,68+,69+,70+,74-,75-/m0/s1. The van der Waals surface area contributed by atoms with Crippen LogP contribution in [0.2, 0.25) is 0 Å². The van der Waals surface area contributed by atoms with E-state index in [0.717, 1.165) is 60.3 Å². The van der Waals surface area contributed by atoms with E-state index < -0.39 is 95.2 Å². The Morgan fingerprint density at radius 2 is 1.37 bits per heavy atom. The first-order valence-corrected chi connectivity index (χ1v) is 41.1. The zero-order valence-corrected chi connectivity index (χ0v) is 69.6. The minimum atomic E-state index is -1.32. The lowest BCUT2D eigenvalue weighted by Gasteiger charge is -2.39. The maximum Gasteiger partial charge on any atom is 0.312 e. The van der Waals surface area contributed by atoms with Gasteiger partial charge < -0.3 is 76.6 Å². The van der Waals surface area contributed by atoms with Crippen LogP contribution in [-0.2, 0) is 84.6 Å². The number of fused-ring (bicyclic) bond motifs is 2. The summed E-state index contributed by atoms with van der Waals surface area (Å²) in [5, 5.41) is 33.2. The number of primary amides is 1. The Morgan fingerprint density at radius 1 is 0.704 bits per heavy atom. The lowest BCUT2D eigenvalue weighted by atomic mass is 9.84. The van der Waals surface area contributed by atoms with Gasteiger partial charge in [0.2, 0.25) is 35.4 Å². The number of carboxylic acid groups (broad SMARTS) is 1. The number of esters is 1. The summed E-state index contributed by atoms with van der Waals surface area (Å²) in [6, 6.07) is 16.0. The number of piperidine rings is 1. The first kappa shape index (κ1) is 94.4. The van der Waals surface area contributed by atoms with Crippen molar-refractivity contribution in [1.82, 2.24) is 46.8 Å². The minimum absolute atomic E-state index is 0.0206. The molecule has 2 aliphatic heterocycles. The van der Waals surface area contributed by atoms with Crippen LogP contribution in [0.4, 0.5) is 16.2 Å². The second-order valence-corrected chi connectivity index (χ2v) is 31.4. The van der Waals surface area contributed by atoms with Crippen LogP contribution in [0.3, 0.4) is 0 Å². The fourth-order valence-electron chi connectivity index (χ4n) is 13.2. The molecule has 632 valence electrons. The second kappa shape index (κ2) is 49.5. The molecule has 115 heavy (non-hydrogen) atoms. The normalized spacial score (nSPS) is 15.2. The van der Waals surface area contributed by atoms with Gasteiger partial charge in [0.15, 0.2) is 6.10 Å². The number of nitrogens with zero attached hydrogens (tertiary/aromatic N) is 4. The number of urea groups is 1. The molecule has 1 fully saturated rings. The molecule has 1 aromatic heterocycles. The number of ether oxygens (including phenoxy) is 5. The van der Waals surface area contributed by atoms with E-state index in [1.807, 2.05) is 88.2 Å². The lowest BCUT2D eigenvalue weighted by molar-refractivity contribution is -0.213. The van der Waals surface area contributed by atoms with Crippen molar-refractivity contribution in [2.75, 3.05) is 96.4 Å². The molecule has 0 radical (unpaired) electrons. The monoisotopic (exact) mass is 1620 g/mol. The van der Waals surface area contributed by atoms with Gasteiger partial charge in [0.1, 0.15) is 28.8 Å². The van der Waals surface area contributed by atoms with E-state index in [0.29, 0.717) is 49.4 Å². The molecular weight excluding hydrogens is 1500 g/mol. The molecule has 1 saturated heterocycles. The molecule has 1 unspecified atom stereocenters. The molecule has 6 rings (SSSR count). The molecule has 0 aliphatic carbocycles. The molecule has 0 bridgehead atoms. The average molecular weight is 1620 g/mol. The van der Waals surface area contributed by atoms with Crippen LogP contribution in [0, 0.1) is 35.0 Å². The van der Waals surface area contributed by atoms with Gasteiger partial charge in [-0.15, -0.1) is 11.3 Å². The van der Waals surface area contributed by atoms with Crippen molar-refractivity contribution in [3.05, 3.63) is 111 Å². The molecule has 0 spiro atoms. The Hall–Kier alpha value is -9.42. The number of rotatable bonds is 51. The van der Waals surface area contributed by atoms with Crippen molar-refractivity contribution in [2.45, 2.75) is 214 Å². The largest absolute Gasteiger partial charge is 0.481 e. The van der Waals surface area contributed by atoms with Gasteiger partial charge in [-0.3, -0.25) is 57.7 Å². The number of benzene rings is 3. The van der Waals surface area contributed by atoms with Crippen molar-refractivity contribution >= 4 is 87.9 Å². The smallest absolute Gasteiger partial charge is 0.312 e. The lowest BCUT2D eigenvalue weighted by Crippen LogP contribution is -2.58. The van der Waals surface area contributed by atoms with Gasteiger partial charge in [0.25, 0.3) is 11.8 Å². The topological polar surface area (TPSA) is 396 Å². The molecule has 8 atom stereocenters. The number of anilines is 2. The number of para-hydroxylation sites is 1. The predicted molar refractivity (Wildman–Crippen MR) is 436 cm³/mol. The number of aromatic nitrogens is 1. The molecule has 30 nitrogen and oxygen atoms in total. The highest BCUT2D eigenvalue weighted by Crippen LogP contribution is 2.34. The summed E-state index contributed by atoms with van der Waals surface area (Å²) in [6.45, 7) is 21.1. The van der Waals surface area contributed by atoms with Crippen molar-refractivity contribution < 1.29 is 86.4 Å². The van der Waals surface area contributed by atoms with Crippen molar-refractivity contribution in [2.24, 2.45) is 28.9 Å². The van der Waals surface area contributed by atoms with Crippen LogP contribution in [0.25, 0.3) is 0 Å². The Bertz CT molecular complexity index is 3880. The number of likely N-dealkylation sites (tertiary alicyclic amines) is 1. The molecule has 10 N–H and O–H groups in total. The van der Waals surface area contributed by atoms with E-state index in [4.69, 9.17) is 39.2 Å². The zero-order chi connectivity index (χ0) is 84.0. The molecule has 4 aromatic rings. The minimum Gasteiger partial charge on any atom is -0.481 e. The van der Waals surface area contributed by atoms with Crippen LogP contribution in [0.15, 0.2) is 78.2 Å². The number of thiazole rings is 1. The van der Waals surface area contributed by atoms with Crippen LogP contribution in [0.5, 0.6) is 0 Å². The number of nitrogens with one attached hydrogen (secondary N) is 7. The van der Waals surface area contributed by atoms with Crippen molar-refractivity contribution in [3.63, 3.8) is 0 Å². The van der Waals surface area contributed by atoms with Crippen LogP contribution in [-0.4, -0.2) is 208 Å². The number of unbranched alkanes of at least 4 members (excludes halogenated alkanes) is 2. The highest BCUT2D eigenvalue weighted by atomic mass is 32.1. The number of carbonyl (C=O) groups excluding carboxylic acids is 10. The molecule has 3 heterocycles. The molecule has 10 amide bonds. The maximum absolute atomic E-state index is 15.0. The molecule has 0 saturated carbocycles. The van der Waals surface area contributed by atoms with E-state index in [1.54, 1.807) is 56.9 Å². The third-order valence-corrected chi connectivity index (χ3v) is 21.0. The van der Waals surface area contributed by atoms with Crippen molar-refractivity contribution in [3.8, 4) is 11.8 Å². The van der Waals surface area contributed by atoms with Crippen LogP contribution < -0.4 is 47.9 Å². The van der Waals surface area contributed by atoms with Gasteiger partial charge in [-0.2, -0.15) is 0 Å². The predicted octanol–water partition coefficient (Wildman–Crippen LogP) is 8.28. The highest BCUT2D eigenvalue weighted by molar-refractivity contribution is 7.09. The van der Waals surface area contributed by atoms with Gasteiger partial charge in [-0.1, -0.05) is 128 Å². The van der Waals surface area contributed by atoms with E-state index in [1.165, 1.54) is 17.4 Å². The average Bonchev–Trinajstić information content (AvgIpc) is 1.80. The summed E-state index contributed by atoms with van der Waals surface area (Å²) in [6.07, 6.45) is 4.89. The van der Waals surface area contributed by atoms with E-state index >= 15 is 4.79 Å². The Balaban J connectivity index is 0.958.